The summed E-state index contributed by atoms with van der Waals surface area (Å²) in [6.07, 6.45) is 1.26. The number of aromatic nitrogens is 4. The Kier molecular flexibility index (Phi) is 6.10. The molecule has 1 fully saturated rings. The molecule has 10 nitrogen and oxygen atoms in total. The second-order valence-electron chi connectivity index (χ2n) is 5.55. The van der Waals surface area contributed by atoms with Crippen LogP contribution in [0.25, 0.3) is 0 Å². The molecular formula is C15H20N6O4S. The summed E-state index contributed by atoms with van der Waals surface area (Å²) >= 11 is 1.28. The number of ether oxygens (including phenoxy) is 1. The van der Waals surface area contributed by atoms with E-state index in [1.165, 1.54) is 11.8 Å². The van der Waals surface area contributed by atoms with Gasteiger partial charge in [0.1, 0.15) is 12.3 Å². The Bertz CT molecular complexity index is 726. The average molecular weight is 380 g/mol. The van der Waals surface area contributed by atoms with Gasteiger partial charge in [0, 0.05) is 26.2 Å². The number of rotatable bonds is 6. The van der Waals surface area contributed by atoms with Gasteiger partial charge in [0.25, 0.3) is 0 Å². The molecule has 1 aliphatic heterocycles. The molecule has 0 unspecified atom stereocenters. The number of thioether (sulfide) groups is 1. The number of hydrogen-bond donors (Lipinski definition) is 0. The van der Waals surface area contributed by atoms with Crippen molar-refractivity contribution in [3.8, 4) is 0 Å². The monoisotopic (exact) mass is 380 g/mol. The highest BCUT2D eigenvalue weighted by Crippen LogP contribution is 2.16. The predicted octanol–water partition coefficient (Wildman–Crippen LogP) is 0.707. The van der Waals surface area contributed by atoms with Gasteiger partial charge in [0.2, 0.25) is 11.1 Å². The van der Waals surface area contributed by atoms with E-state index < -0.39 is 0 Å². The minimum Gasteiger partial charge on any atom is -0.467 e. The molecule has 2 aromatic rings. The molecule has 3 rings (SSSR count). The summed E-state index contributed by atoms with van der Waals surface area (Å²) in [6, 6.07) is 3.64. The van der Waals surface area contributed by atoms with Crippen LogP contribution in [0.15, 0.2) is 28.0 Å². The molecule has 0 spiro atoms. The van der Waals surface area contributed by atoms with Crippen molar-refractivity contribution in [3.05, 3.63) is 24.2 Å². The molecule has 3 heterocycles. The van der Waals surface area contributed by atoms with Gasteiger partial charge in [-0.25, -0.2) is 9.48 Å². The molecule has 0 aliphatic carbocycles. The maximum absolute atomic E-state index is 12.4. The van der Waals surface area contributed by atoms with Crippen molar-refractivity contribution in [1.29, 1.82) is 0 Å². The molecule has 0 aromatic carbocycles. The third-order valence-electron chi connectivity index (χ3n) is 3.87. The van der Waals surface area contributed by atoms with Gasteiger partial charge in [0.15, 0.2) is 0 Å². The van der Waals surface area contributed by atoms with Gasteiger partial charge in [-0.05, 0) is 29.5 Å². The molecular weight excluding hydrogens is 360 g/mol. The van der Waals surface area contributed by atoms with Gasteiger partial charge in [-0.3, -0.25) is 4.79 Å². The SMILES string of the molecule is CCOC(=O)N1CCN(C(=O)CSc2nnnn2Cc2ccco2)CC1. The van der Waals surface area contributed by atoms with Crippen LogP contribution < -0.4 is 0 Å². The van der Waals surface area contributed by atoms with Crippen LogP contribution in [-0.2, 0) is 16.1 Å². The molecule has 11 heteroatoms. The van der Waals surface area contributed by atoms with Gasteiger partial charge < -0.3 is 19.0 Å². The van der Waals surface area contributed by atoms with Crippen LogP contribution >= 0.6 is 11.8 Å². The zero-order chi connectivity index (χ0) is 18.4. The second-order valence-corrected chi connectivity index (χ2v) is 6.50. The summed E-state index contributed by atoms with van der Waals surface area (Å²) in [4.78, 5) is 27.4. The van der Waals surface area contributed by atoms with Crippen molar-refractivity contribution in [2.75, 3.05) is 38.5 Å². The fourth-order valence-corrected chi connectivity index (χ4v) is 3.30. The van der Waals surface area contributed by atoms with E-state index in [0.29, 0.717) is 44.5 Å². The number of carbonyl (C=O) groups is 2. The summed E-state index contributed by atoms with van der Waals surface area (Å²) in [7, 11) is 0. The fourth-order valence-electron chi connectivity index (χ4n) is 2.52. The Hall–Kier alpha value is -2.56. The summed E-state index contributed by atoms with van der Waals surface area (Å²) < 4.78 is 11.9. The van der Waals surface area contributed by atoms with E-state index >= 15 is 0 Å². The Morgan fingerprint density at radius 3 is 2.73 bits per heavy atom. The highest BCUT2D eigenvalue weighted by Gasteiger charge is 2.25. The van der Waals surface area contributed by atoms with Crippen LogP contribution in [0.4, 0.5) is 4.79 Å². The van der Waals surface area contributed by atoms with Crippen molar-refractivity contribution in [1.82, 2.24) is 30.0 Å². The number of amides is 2. The minimum absolute atomic E-state index is 0.00828. The number of hydrogen-bond acceptors (Lipinski definition) is 8. The third-order valence-corrected chi connectivity index (χ3v) is 4.81. The van der Waals surface area contributed by atoms with Crippen molar-refractivity contribution in [2.24, 2.45) is 0 Å². The van der Waals surface area contributed by atoms with Crippen molar-refractivity contribution in [2.45, 2.75) is 18.6 Å². The zero-order valence-electron chi connectivity index (χ0n) is 14.4. The molecule has 0 atom stereocenters. The smallest absolute Gasteiger partial charge is 0.409 e. The van der Waals surface area contributed by atoms with Gasteiger partial charge >= 0.3 is 6.09 Å². The van der Waals surface area contributed by atoms with Crippen molar-refractivity contribution in [3.63, 3.8) is 0 Å². The van der Waals surface area contributed by atoms with E-state index in [1.807, 2.05) is 6.07 Å². The topological polar surface area (TPSA) is 107 Å². The van der Waals surface area contributed by atoms with E-state index in [9.17, 15) is 9.59 Å². The number of piperazine rings is 1. The summed E-state index contributed by atoms with van der Waals surface area (Å²) in [5.41, 5.74) is 0. The molecule has 26 heavy (non-hydrogen) atoms. The number of nitrogens with zero attached hydrogens (tertiary/aromatic N) is 6. The van der Waals surface area contributed by atoms with Gasteiger partial charge in [-0.2, -0.15) is 0 Å². The quantitative estimate of drug-likeness (QED) is 0.675. The molecule has 0 saturated carbocycles. The third kappa shape index (κ3) is 4.54. The predicted molar refractivity (Wildman–Crippen MR) is 91.5 cm³/mol. The van der Waals surface area contributed by atoms with E-state index in [0.717, 1.165) is 5.76 Å². The number of tetrazole rings is 1. The highest BCUT2D eigenvalue weighted by molar-refractivity contribution is 7.99. The first-order valence-corrected chi connectivity index (χ1v) is 9.26. The largest absolute Gasteiger partial charge is 0.467 e. The standard InChI is InChI=1S/C15H20N6O4S/c1-2-24-15(23)20-7-5-19(6-8-20)13(22)11-26-14-16-17-18-21(14)10-12-4-3-9-25-12/h3-4,9H,2,5-8,10-11H2,1H3. The lowest BCUT2D eigenvalue weighted by atomic mass is 10.3. The van der Waals surface area contributed by atoms with Crippen LogP contribution in [0.5, 0.6) is 0 Å². The Balaban J connectivity index is 1.46. The fraction of sp³-hybridized carbons (Fsp3) is 0.533. The molecule has 1 aliphatic rings. The summed E-state index contributed by atoms with van der Waals surface area (Å²) in [5, 5.41) is 12.1. The Labute approximate surface area is 154 Å². The zero-order valence-corrected chi connectivity index (χ0v) is 15.2. The Morgan fingerprint density at radius 1 is 1.27 bits per heavy atom. The number of furan rings is 1. The van der Waals surface area contributed by atoms with E-state index in [4.69, 9.17) is 9.15 Å². The Morgan fingerprint density at radius 2 is 2.04 bits per heavy atom. The first-order chi connectivity index (χ1) is 12.7. The molecule has 1 saturated heterocycles. The van der Waals surface area contributed by atoms with Crippen LogP contribution in [0.3, 0.4) is 0 Å². The van der Waals surface area contributed by atoms with Crippen LogP contribution in [0.1, 0.15) is 12.7 Å². The molecule has 0 bridgehead atoms. The maximum atomic E-state index is 12.4. The lowest BCUT2D eigenvalue weighted by molar-refractivity contribution is -0.129. The maximum Gasteiger partial charge on any atom is 0.409 e. The molecule has 2 aromatic heterocycles. The molecule has 140 valence electrons. The first-order valence-electron chi connectivity index (χ1n) is 8.28. The van der Waals surface area contributed by atoms with Crippen molar-refractivity contribution >= 4 is 23.8 Å². The minimum atomic E-state index is -0.328. The molecule has 0 N–H and O–H groups in total. The summed E-state index contributed by atoms with van der Waals surface area (Å²) in [6.45, 7) is 4.48. The van der Waals surface area contributed by atoms with Crippen LogP contribution in [0, 0.1) is 0 Å². The van der Waals surface area contributed by atoms with Gasteiger partial charge in [-0.15, -0.1) is 5.10 Å². The normalized spacial score (nSPS) is 14.5. The van der Waals surface area contributed by atoms with Crippen LogP contribution in [0.2, 0.25) is 0 Å². The average Bonchev–Trinajstić information content (AvgIpc) is 3.32. The molecule has 0 radical (unpaired) electrons. The first kappa shape index (κ1) is 18.2. The van der Waals surface area contributed by atoms with E-state index in [1.54, 1.807) is 33.7 Å². The summed E-state index contributed by atoms with van der Waals surface area (Å²) in [5.74, 6) is 0.962. The van der Waals surface area contributed by atoms with Gasteiger partial charge in [-0.1, -0.05) is 11.8 Å². The molecule has 2 amide bonds. The lowest BCUT2D eigenvalue weighted by Crippen LogP contribution is -2.51. The lowest BCUT2D eigenvalue weighted by Gasteiger charge is -2.33. The van der Waals surface area contributed by atoms with E-state index in [2.05, 4.69) is 15.5 Å². The van der Waals surface area contributed by atoms with Crippen molar-refractivity contribution < 1.29 is 18.7 Å². The van der Waals surface area contributed by atoms with Gasteiger partial charge in [0.05, 0.1) is 18.6 Å². The number of carbonyl (C=O) groups excluding carboxylic acids is 2. The second kappa shape index (κ2) is 8.70. The highest BCUT2D eigenvalue weighted by atomic mass is 32.2. The van der Waals surface area contributed by atoms with Crippen LogP contribution in [-0.4, -0.2) is 80.5 Å². The van der Waals surface area contributed by atoms with E-state index in [-0.39, 0.29) is 17.8 Å².